The molecule has 164 valence electrons. The highest BCUT2D eigenvalue weighted by atomic mass is 16.5. The van der Waals surface area contributed by atoms with Crippen LogP contribution < -0.4 is 10.6 Å². The van der Waals surface area contributed by atoms with Crippen LogP contribution in [0.15, 0.2) is 0 Å². The maximum Gasteiger partial charge on any atom is 0.246 e. The van der Waals surface area contributed by atoms with Gasteiger partial charge in [0.25, 0.3) is 0 Å². The molecule has 0 aromatic carbocycles. The summed E-state index contributed by atoms with van der Waals surface area (Å²) in [6, 6.07) is -0.744. The molecule has 0 aliphatic carbocycles. The van der Waals surface area contributed by atoms with Crippen LogP contribution in [0.3, 0.4) is 0 Å². The number of carbonyl (C=O) groups is 3. The van der Waals surface area contributed by atoms with Crippen molar-refractivity contribution < 1.29 is 24.2 Å². The summed E-state index contributed by atoms with van der Waals surface area (Å²) in [6.07, 6.45) is 2.93. The summed E-state index contributed by atoms with van der Waals surface area (Å²) >= 11 is 0. The molecule has 0 radical (unpaired) electrons. The van der Waals surface area contributed by atoms with Crippen LogP contribution in [0.5, 0.6) is 0 Å². The van der Waals surface area contributed by atoms with Crippen molar-refractivity contribution in [1.29, 1.82) is 0 Å². The van der Waals surface area contributed by atoms with Crippen molar-refractivity contribution in [3.05, 3.63) is 0 Å². The molecule has 29 heavy (non-hydrogen) atoms. The lowest BCUT2D eigenvalue weighted by Crippen LogP contribution is -2.58. The Bertz CT molecular complexity index is 661. The van der Waals surface area contributed by atoms with Crippen LogP contribution in [0.2, 0.25) is 0 Å². The van der Waals surface area contributed by atoms with Gasteiger partial charge in [0.05, 0.1) is 17.9 Å². The van der Waals surface area contributed by atoms with E-state index in [2.05, 4.69) is 10.6 Å². The van der Waals surface area contributed by atoms with Crippen LogP contribution in [0.25, 0.3) is 0 Å². The van der Waals surface area contributed by atoms with E-state index in [0.29, 0.717) is 38.8 Å². The zero-order valence-electron chi connectivity index (χ0n) is 18.0. The third-order valence-electron chi connectivity index (χ3n) is 6.21. The first-order valence-corrected chi connectivity index (χ1v) is 10.8. The Morgan fingerprint density at radius 1 is 1.28 bits per heavy atom. The number of aliphatic hydroxyl groups excluding tert-OH is 1. The largest absolute Gasteiger partial charge is 0.396 e. The summed E-state index contributed by atoms with van der Waals surface area (Å²) in [5, 5.41) is 15.1. The zero-order valence-corrected chi connectivity index (χ0v) is 18.0. The number of amides is 3. The molecule has 3 fully saturated rings. The monoisotopic (exact) mass is 409 g/mol. The van der Waals surface area contributed by atoms with Crippen LogP contribution in [0.4, 0.5) is 0 Å². The molecule has 5 atom stereocenters. The summed E-state index contributed by atoms with van der Waals surface area (Å²) in [4.78, 5) is 41.2. The predicted octanol–water partition coefficient (Wildman–Crippen LogP) is 0.574. The van der Waals surface area contributed by atoms with E-state index >= 15 is 0 Å². The SMILES string of the molecule is CCCNC(=O)[C@@H]1[C@H]2C(=O)N(CCCCO)C(C(=O)NC(C)(C)C)C23CC[C@H]1O3. The first kappa shape index (κ1) is 22.0. The number of nitrogens with zero attached hydrogens (tertiary/aromatic N) is 1. The molecule has 3 aliphatic heterocycles. The van der Waals surface area contributed by atoms with Gasteiger partial charge in [-0.25, -0.2) is 0 Å². The molecule has 3 heterocycles. The van der Waals surface area contributed by atoms with Gasteiger partial charge in [-0.3, -0.25) is 14.4 Å². The average Bonchev–Trinajstić information content (AvgIpc) is 3.26. The molecular formula is C21H35N3O5. The molecule has 1 spiro atoms. The molecule has 3 N–H and O–H groups in total. The topological polar surface area (TPSA) is 108 Å². The summed E-state index contributed by atoms with van der Waals surface area (Å²) < 4.78 is 6.32. The summed E-state index contributed by atoms with van der Waals surface area (Å²) in [5.41, 5.74) is -1.38. The van der Waals surface area contributed by atoms with Crippen molar-refractivity contribution in [3.63, 3.8) is 0 Å². The van der Waals surface area contributed by atoms with Crippen LogP contribution in [0.1, 0.15) is 59.8 Å². The van der Waals surface area contributed by atoms with E-state index in [1.165, 1.54) is 0 Å². The lowest BCUT2D eigenvalue weighted by Gasteiger charge is -2.35. The summed E-state index contributed by atoms with van der Waals surface area (Å²) in [7, 11) is 0. The molecule has 0 aromatic rings. The minimum atomic E-state index is -0.940. The number of nitrogens with one attached hydrogen (secondary N) is 2. The van der Waals surface area contributed by atoms with Crippen LogP contribution in [0, 0.1) is 11.8 Å². The fourth-order valence-electron chi connectivity index (χ4n) is 5.19. The fourth-order valence-corrected chi connectivity index (χ4v) is 5.19. The Kier molecular flexibility index (Phi) is 6.24. The maximum absolute atomic E-state index is 13.5. The van der Waals surface area contributed by atoms with E-state index in [1.54, 1.807) is 4.90 Å². The Labute approximate surface area is 172 Å². The number of aliphatic hydroxyl groups is 1. The van der Waals surface area contributed by atoms with E-state index in [4.69, 9.17) is 9.84 Å². The van der Waals surface area contributed by atoms with Crippen molar-refractivity contribution in [1.82, 2.24) is 15.5 Å². The first-order chi connectivity index (χ1) is 13.7. The second-order valence-corrected chi connectivity index (χ2v) is 9.55. The molecule has 8 heteroatoms. The second-order valence-electron chi connectivity index (χ2n) is 9.55. The second kappa shape index (κ2) is 8.22. The molecule has 3 aliphatic rings. The van der Waals surface area contributed by atoms with Gasteiger partial charge >= 0.3 is 0 Å². The first-order valence-electron chi connectivity index (χ1n) is 10.8. The molecule has 2 unspecified atom stereocenters. The van der Waals surface area contributed by atoms with Gasteiger partial charge in [0.2, 0.25) is 17.7 Å². The highest BCUT2D eigenvalue weighted by molar-refractivity contribution is 5.99. The van der Waals surface area contributed by atoms with Crippen molar-refractivity contribution in [2.75, 3.05) is 19.7 Å². The maximum atomic E-state index is 13.5. The van der Waals surface area contributed by atoms with Gasteiger partial charge in [0.1, 0.15) is 11.6 Å². The van der Waals surface area contributed by atoms with E-state index in [1.807, 2.05) is 27.7 Å². The van der Waals surface area contributed by atoms with E-state index in [0.717, 1.165) is 6.42 Å². The highest BCUT2D eigenvalue weighted by Crippen LogP contribution is 2.58. The number of hydrogen-bond acceptors (Lipinski definition) is 5. The lowest BCUT2D eigenvalue weighted by molar-refractivity contribution is -0.142. The van der Waals surface area contributed by atoms with Gasteiger partial charge in [0, 0.05) is 25.2 Å². The third kappa shape index (κ3) is 3.89. The number of rotatable bonds is 8. The summed E-state index contributed by atoms with van der Waals surface area (Å²) in [5.74, 6) is -1.72. The van der Waals surface area contributed by atoms with Crippen molar-refractivity contribution in [2.45, 2.75) is 83.1 Å². The third-order valence-corrected chi connectivity index (χ3v) is 6.21. The van der Waals surface area contributed by atoms with Gasteiger partial charge in [-0.1, -0.05) is 6.92 Å². The van der Waals surface area contributed by atoms with Crippen LogP contribution >= 0.6 is 0 Å². The number of unbranched alkanes of at least 4 members (excludes halogenated alkanes) is 1. The van der Waals surface area contributed by atoms with E-state index in [9.17, 15) is 14.4 Å². The van der Waals surface area contributed by atoms with E-state index in [-0.39, 0.29) is 30.4 Å². The summed E-state index contributed by atoms with van der Waals surface area (Å²) in [6.45, 7) is 8.66. The van der Waals surface area contributed by atoms with E-state index < -0.39 is 29.0 Å². The minimum absolute atomic E-state index is 0.0378. The molecular weight excluding hydrogens is 374 g/mol. The molecule has 0 saturated carbocycles. The molecule has 3 amide bonds. The average molecular weight is 410 g/mol. The molecule has 0 aromatic heterocycles. The number of likely N-dealkylation sites (tertiary alicyclic amines) is 1. The standard InChI is InChI=1S/C21H35N3O5/c1-5-10-22-17(26)14-13-8-9-21(29-13)15(14)19(28)24(11-6-7-12-25)16(21)18(27)23-20(2,3)4/h13-16,25H,5-12H2,1-4H3,(H,22,26)(H,23,27)/t13-,14+,15+,16?,21?/m1/s1. The Morgan fingerprint density at radius 2 is 2.00 bits per heavy atom. The minimum Gasteiger partial charge on any atom is -0.396 e. The van der Waals surface area contributed by atoms with Gasteiger partial charge in [-0.05, 0) is 52.9 Å². The number of carbonyl (C=O) groups excluding carboxylic acids is 3. The predicted molar refractivity (Wildman–Crippen MR) is 107 cm³/mol. The lowest BCUT2D eigenvalue weighted by atomic mass is 9.70. The van der Waals surface area contributed by atoms with Gasteiger partial charge in [-0.2, -0.15) is 0 Å². The van der Waals surface area contributed by atoms with Gasteiger partial charge < -0.3 is 25.4 Å². The Balaban J connectivity index is 1.92. The Hall–Kier alpha value is -1.67. The molecule has 2 bridgehead atoms. The van der Waals surface area contributed by atoms with Crippen LogP contribution in [-0.2, 0) is 19.1 Å². The van der Waals surface area contributed by atoms with Crippen molar-refractivity contribution in [2.24, 2.45) is 11.8 Å². The number of fused-ring (bicyclic) bond motifs is 1. The smallest absolute Gasteiger partial charge is 0.246 e. The zero-order chi connectivity index (χ0) is 21.4. The fraction of sp³-hybridized carbons (Fsp3) is 0.857. The highest BCUT2D eigenvalue weighted by Gasteiger charge is 2.74. The molecule has 3 rings (SSSR count). The molecule has 3 saturated heterocycles. The van der Waals surface area contributed by atoms with Crippen LogP contribution in [-0.4, -0.2) is 70.7 Å². The van der Waals surface area contributed by atoms with Crippen molar-refractivity contribution in [3.8, 4) is 0 Å². The quantitative estimate of drug-likeness (QED) is 0.508. The number of ether oxygens (including phenoxy) is 1. The number of hydrogen-bond donors (Lipinski definition) is 3. The van der Waals surface area contributed by atoms with Gasteiger partial charge in [0.15, 0.2) is 0 Å². The van der Waals surface area contributed by atoms with Gasteiger partial charge in [-0.15, -0.1) is 0 Å². The molecule has 8 nitrogen and oxygen atoms in total. The van der Waals surface area contributed by atoms with Crippen molar-refractivity contribution >= 4 is 17.7 Å². The normalized spacial score (nSPS) is 33.1. The Morgan fingerprint density at radius 3 is 2.62 bits per heavy atom.